The first-order valence-corrected chi connectivity index (χ1v) is 12.0. The highest BCUT2D eigenvalue weighted by molar-refractivity contribution is 6.30. The van der Waals surface area contributed by atoms with Gasteiger partial charge < -0.3 is 20.3 Å². The molecule has 4 rings (SSSR count). The van der Waals surface area contributed by atoms with Crippen LogP contribution >= 0.6 is 11.6 Å². The lowest BCUT2D eigenvalue weighted by atomic mass is 9.94. The number of carbonyl (C=O) groups is 2. The molecule has 0 spiro atoms. The van der Waals surface area contributed by atoms with E-state index >= 15 is 0 Å². The van der Waals surface area contributed by atoms with Gasteiger partial charge in [-0.1, -0.05) is 48.9 Å². The second-order valence-corrected chi connectivity index (χ2v) is 9.14. The maximum Gasteiger partial charge on any atom is 0.338 e. The van der Waals surface area contributed by atoms with Crippen molar-refractivity contribution < 1.29 is 14.3 Å². The number of piperazine rings is 1. The Labute approximate surface area is 205 Å². The highest BCUT2D eigenvalue weighted by Gasteiger charge is 2.34. The van der Waals surface area contributed by atoms with Gasteiger partial charge in [-0.15, -0.1) is 0 Å². The Morgan fingerprint density at radius 1 is 1.12 bits per heavy atom. The van der Waals surface area contributed by atoms with Crippen LogP contribution < -0.4 is 15.5 Å². The molecule has 180 valence electrons. The molecule has 7 nitrogen and oxygen atoms in total. The number of anilines is 1. The van der Waals surface area contributed by atoms with Crippen LogP contribution in [0.5, 0.6) is 0 Å². The van der Waals surface area contributed by atoms with E-state index in [0.29, 0.717) is 17.8 Å². The van der Waals surface area contributed by atoms with E-state index in [2.05, 4.69) is 34.3 Å². The first kappa shape index (κ1) is 24.1. The van der Waals surface area contributed by atoms with Crippen LogP contribution in [0.4, 0.5) is 10.5 Å². The van der Waals surface area contributed by atoms with E-state index in [4.69, 9.17) is 16.3 Å². The molecule has 1 fully saturated rings. The molecule has 2 heterocycles. The third kappa shape index (κ3) is 5.21. The molecule has 1 saturated heterocycles. The topological polar surface area (TPSA) is 73.9 Å². The van der Waals surface area contributed by atoms with Gasteiger partial charge in [0, 0.05) is 49.1 Å². The van der Waals surface area contributed by atoms with Crippen LogP contribution in [0, 0.1) is 6.92 Å². The number of carbonyl (C=O) groups excluding carboxylic acids is 2. The number of nitrogens with one attached hydrogen (secondary N) is 2. The Morgan fingerprint density at radius 3 is 2.47 bits per heavy atom. The van der Waals surface area contributed by atoms with Crippen molar-refractivity contribution in [1.29, 1.82) is 0 Å². The average molecular weight is 483 g/mol. The fraction of sp³-hybridized carbons (Fsp3) is 0.385. The van der Waals surface area contributed by atoms with Gasteiger partial charge >= 0.3 is 12.0 Å². The van der Waals surface area contributed by atoms with E-state index in [1.54, 1.807) is 0 Å². The third-order valence-corrected chi connectivity index (χ3v) is 6.78. The van der Waals surface area contributed by atoms with E-state index < -0.39 is 12.0 Å². The number of esters is 1. The number of nitrogens with zero attached hydrogens (tertiary/aromatic N) is 2. The van der Waals surface area contributed by atoms with Gasteiger partial charge in [0.25, 0.3) is 0 Å². The highest BCUT2D eigenvalue weighted by Crippen LogP contribution is 2.29. The summed E-state index contributed by atoms with van der Waals surface area (Å²) in [5.41, 5.74) is 5.42. The number of hydrogen-bond acceptors (Lipinski definition) is 5. The zero-order valence-electron chi connectivity index (χ0n) is 19.9. The number of methoxy groups -OCH3 is 1. The van der Waals surface area contributed by atoms with Crippen LogP contribution in [0.1, 0.15) is 29.7 Å². The van der Waals surface area contributed by atoms with Gasteiger partial charge in [-0.25, -0.2) is 9.59 Å². The second kappa shape index (κ2) is 10.5. The molecule has 2 aliphatic rings. The Morgan fingerprint density at radius 2 is 1.82 bits per heavy atom. The van der Waals surface area contributed by atoms with Crippen molar-refractivity contribution in [3.63, 3.8) is 0 Å². The summed E-state index contributed by atoms with van der Waals surface area (Å²) in [7, 11) is 1.37. The minimum absolute atomic E-state index is 0.319. The molecule has 2 N–H and O–H groups in total. The second-order valence-electron chi connectivity index (χ2n) is 8.70. The molecule has 0 aromatic heterocycles. The summed E-state index contributed by atoms with van der Waals surface area (Å²) in [6.07, 6.45) is 0.921. The predicted octanol–water partition coefficient (Wildman–Crippen LogP) is 3.81. The number of amides is 2. The van der Waals surface area contributed by atoms with Crippen molar-refractivity contribution >= 4 is 29.3 Å². The maximum atomic E-state index is 12.8. The first-order chi connectivity index (χ1) is 16.4. The van der Waals surface area contributed by atoms with E-state index in [-0.39, 0.29) is 6.03 Å². The number of halogens is 1. The molecule has 2 aromatic rings. The maximum absolute atomic E-state index is 12.8. The van der Waals surface area contributed by atoms with Crippen LogP contribution in [-0.2, 0) is 16.0 Å². The summed E-state index contributed by atoms with van der Waals surface area (Å²) in [5, 5.41) is 6.49. The van der Waals surface area contributed by atoms with Crippen molar-refractivity contribution in [2.24, 2.45) is 0 Å². The van der Waals surface area contributed by atoms with E-state index in [1.165, 1.54) is 18.2 Å². The van der Waals surface area contributed by atoms with Crippen LogP contribution in [0.15, 0.2) is 53.7 Å². The van der Waals surface area contributed by atoms with E-state index in [1.807, 2.05) is 42.5 Å². The van der Waals surface area contributed by atoms with Crippen LogP contribution in [0.2, 0.25) is 5.02 Å². The number of benzene rings is 2. The fourth-order valence-corrected chi connectivity index (χ4v) is 4.75. The Bertz CT molecular complexity index is 1090. The molecule has 0 unspecified atom stereocenters. The lowest BCUT2D eigenvalue weighted by molar-refractivity contribution is -0.136. The zero-order valence-corrected chi connectivity index (χ0v) is 20.6. The number of urea groups is 1. The smallest absolute Gasteiger partial charge is 0.338 e. The lowest BCUT2D eigenvalue weighted by Crippen LogP contribution is -2.51. The van der Waals surface area contributed by atoms with Gasteiger partial charge in [0.05, 0.1) is 18.7 Å². The molecule has 2 aromatic carbocycles. The summed E-state index contributed by atoms with van der Waals surface area (Å²) in [6, 6.07) is 13.0. The van der Waals surface area contributed by atoms with Crippen molar-refractivity contribution in [2.45, 2.75) is 26.3 Å². The molecule has 34 heavy (non-hydrogen) atoms. The highest BCUT2D eigenvalue weighted by atomic mass is 35.5. The van der Waals surface area contributed by atoms with Gasteiger partial charge in [0.2, 0.25) is 0 Å². The molecule has 0 saturated carbocycles. The van der Waals surface area contributed by atoms with Crippen molar-refractivity contribution in [3.8, 4) is 0 Å². The lowest BCUT2D eigenvalue weighted by Gasteiger charge is -2.38. The molecule has 0 bridgehead atoms. The summed E-state index contributed by atoms with van der Waals surface area (Å²) in [6.45, 7) is 7.89. The number of hydrogen-bond donors (Lipinski definition) is 2. The first-order valence-electron chi connectivity index (χ1n) is 11.6. The van der Waals surface area contributed by atoms with E-state index in [0.717, 1.165) is 48.9 Å². The molecular formula is C26H31ClN4O3. The summed E-state index contributed by atoms with van der Waals surface area (Å²) >= 11 is 6.21. The molecule has 8 heteroatoms. The third-order valence-electron chi connectivity index (χ3n) is 6.55. The van der Waals surface area contributed by atoms with E-state index in [9.17, 15) is 9.59 Å². The largest absolute Gasteiger partial charge is 0.466 e. The SMILES string of the molecule is CCc1ccc([C@H]2NC(=O)NC(CN3CCN(c4cc(Cl)ccc4C)CC3)=C2C(=O)OC)cc1. The minimum atomic E-state index is -0.558. The number of rotatable bonds is 6. The van der Waals surface area contributed by atoms with Gasteiger partial charge in [-0.3, -0.25) is 4.90 Å². The molecule has 2 aliphatic heterocycles. The zero-order chi connectivity index (χ0) is 24.2. The summed E-state index contributed by atoms with van der Waals surface area (Å²) in [4.78, 5) is 29.9. The van der Waals surface area contributed by atoms with Crippen LogP contribution in [0.3, 0.4) is 0 Å². The Balaban J connectivity index is 1.54. The summed E-state index contributed by atoms with van der Waals surface area (Å²) < 4.78 is 5.11. The van der Waals surface area contributed by atoms with Gasteiger partial charge in [-0.05, 0) is 42.2 Å². The predicted molar refractivity (Wildman–Crippen MR) is 134 cm³/mol. The number of aryl methyl sites for hydroxylation is 2. The van der Waals surface area contributed by atoms with Gasteiger partial charge in [-0.2, -0.15) is 0 Å². The quantitative estimate of drug-likeness (QED) is 0.612. The summed E-state index contributed by atoms with van der Waals surface area (Å²) in [5.74, 6) is -0.444. The standard InChI is InChI=1S/C26H31ClN4O3/c1-4-18-6-8-19(9-7-18)24-23(25(32)34-3)21(28-26(33)29-24)16-30-11-13-31(14-12-30)22-15-20(27)10-5-17(22)2/h5-10,15,24H,4,11-14,16H2,1-3H3,(H2,28,29,33)/t24-/m1/s1. The van der Waals surface area contributed by atoms with Gasteiger partial charge in [0.1, 0.15) is 0 Å². The van der Waals surface area contributed by atoms with Crippen molar-refractivity contribution in [1.82, 2.24) is 15.5 Å². The fourth-order valence-electron chi connectivity index (χ4n) is 4.58. The van der Waals surface area contributed by atoms with Crippen molar-refractivity contribution in [2.75, 3.05) is 44.7 Å². The van der Waals surface area contributed by atoms with Crippen LogP contribution in [0.25, 0.3) is 0 Å². The minimum Gasteiger partial charge on any atom is -0.466 e. The molecule has 0 radical (unpaired) electrons. The van der Waals surface area contributed by atoms with Crippen molar-refractivity contribution in [3.05, 3.63) is 75.4 Å². The average Bonchev–Trinajstić information content (AvgIpc) is 2.85. The molecule has 1 atom stereocenters. The van der Waals surface area contributed by atoms with Crippen LogP contribution in [-0.4, -0.2) is 56.7 Å². The monoisotopic (exact) mass is 482 g/mol. The molecular weight excluding hydrogens is 452 g/mol. The molecule has 2 amide bonds. The molecule has 0 aliphatic carbocycles. The van der Waals surface area contributed by atoms with Gasteiger partial charge in [0.15, 0.2) is 0 Å². The normalized spacial score (nSPS) is 19.0. The Kier molecular flexibility index (Phi) is 7.44. The number of ether oxygens (including phenoxy) is 1. The Hall–Kier alpha value is -3.03.